The molecule has 0 unspecified atom stereocenters. The quantitative estimate of drug-likeness (QED) is 0.627. The maximum absolute atomic E-state index is 12.4. The van der Waals surface area contributed by atoms with E-state index in [0.29, 0.717) is 6.67 Å². The first-order chi connectivity index (χ1) is 14.7. The van der Waals surface area contributed by atoms with Crippen LogP contribution in [0.1, 0.15) is 0 Å². The van der Waals surface area contributed by atoms with Gasteiger partial charge in [-0.2, -0.15) is 5.10 Å². The minimum Gasteiger partial charge on any atom is -0.497 e. The number of para-hydroxylation sites is 1. The number of ether oxygens (including phenoxy) is 2. The normalized spacial score (nSPS) is 14.5. The van der Waals surface area contributed by atoms with Gasteiger partial charge in [-0.1, -0.05) is 12.1 Å². The van der Waals surface area contributed by atoms with E-state index in [1.54, 1.807) is 26.4 Å². The second-order valence-electron chi connectivity index (χ2n) is 7.20. The molecule has 3 aromatic rings. The molecule has 0 radical (unpaired) electrons. The van der Waals surface area contributed by atoms with Gasteiger partial charge in [0.05, 0.1) is 26.6 Å². The van der Waals surface area contributed by atoms with Crippen molar-refractivity contribution in [3.05, 3.63) is 71.0 Å². The summed E-state index contributed by atoms with van der Waals surface area (Å²) in [4.78, 5) is 17.0. The van der Waals surface area contributed by atoms with Crippen molar-refractivity contribution >= 4 is 5.69 Å². The number of benzene rings is 2. The molecule has 2 heterocycles. The molecule has 0 spiro atoms. The molecule has 1 aliphatic rings. The predicted octanol–water partition coefficient (Wildman–Crippen LogP) is 2.71. The number of hydrogen-bond donors (Lipinski definition) is 0. The second-order valence-corrected chi connectivity index (χ2v) is 7.20. The van der Waals surface area contributed by atoms with Gasteiger partial charge in [-0.05, 0) is 42.5 Å². The summed E-state index contributed by atoms with van der Waals surface area (Å²) in [5, 5.41) is 4.60. The van der Waals surface area contributed by atoms with E-state index < -0.39 is 0 Å². The van der Waals surface area contributed by atoms with Crippen LogP contribution in [0.15, 0.2) is 65.5 Å². The average molecular weight is 406 g/mol. The fourth-order valence-electron chi connectivity index (χ4n) is 3.68. The van der Waals surface area contributed by atoms with Crippen molar-refractivity contribution in [1.29, 1.82) is 0 Å². The third kappa shape index (κ3) is 4.31. The maximum atomic E-state index is 12.4. The largest absolute Gasteiger partial charge is 0.497 e. The van der Waals surface area contributed by atoms with Gasteiger partial charge in [0.15, 0.2) is 0 Å². The van der Waals surface area contributed by atoms with Gasteiger partial charge < -0.3 is 14.4 Å². The highest BCUT2D eigenvalue weighted by atomic mass is 16.5. The summed E-state index contributed by atoms with van der Waals surface area (Å²) in [5.74, 6) is 1.60. The summed E-state index contributed by atoms with van der Waals surface area (Å²) in [7, 11) is 3.31. The Hall–Kier alpha value is -3.32. The maximum Gasteiger partial charge on any atom is 0.268 e. The number of hydrogen-bond acceptors (Lipinski definition) is 6. The van der Waals surface area contributed by atoms with E-state index in [4.69, 9.17) is 9.47 Å². The SMILES string of the molecule is COc1ccc(N2CCN(Cn3nc(-c4ccccc4OC)ccc3=O)CC2)cc1. The minimum atomic E-state index is -0.105. The zero-order chi connectivity index (χ0) is 20.9. The van der Waals surface area contributed by atoms with Crippen molar-refractivity contribution in [3.8, 4) is 22.8 Å². The smallest absolute Gasteiger partial charge is 0.268 e. The predicted molar refractivity (Wildman–Crippen MR) is 117 cm³/mol. The van der Waals surface area contributed by atoms with Crippen LogP contribution in [0.4, 0.5) is 5.69 Å². The number of rotatable bonds is 6. The monoisotopic (exact) mass is 406 g/mol. The minimum absolute atomic E-state index is 0.105. The lowest BCUT2D eigenvalue weighted by atomic mass is 10.1. The zero-order valence-electron chi connectivity index (χ0n) is 17.3. The van der Waals surface area contributed by atoms with Gasteiger partial charge in [0.25, 0.3) is 5.56 Å². The number of methoxy groups -OCH3 is 2. The second kappa shape index (κ2) is 9.00. The molecule has 156 valence electrons. The highest BCUT2D eigenvalue weighted by Gasteiger charge is 2.18. The molecule has 0 atom stereocenters. The molecular weight excluding hydrogens is 380 g/mol. The van der Waals surface area contributed by atoms with Crippen molar-refractivity contribution in [2.75, 3.05) is 45.3 Å². The molecule has 0 aliphatic carbocycles. The summed E-state index contributed by atoms with van der Waals surface area (Å²) < 4.78 is 12.2. The van der Waals surface area contributed by atoms with Crippen molar-refractivity contribution in [2.24, 2.45) is 0 Å². The summed E-state index contributed by atoms with van der Waals surface area (Å²) in [6, 6.07) is 19.1. The van der Waals surface area contributed by atoms with E-state index in [1.807, 2.05) is 36.4 Å². The molecule has 1 fully saturated rings. The fourth-order valence-corrected chi connectivity index (χ4v) is 3.68. The first-order valence-corrected chi connectivity index (χ1v) is 10.0. The van der Waals surface area contributed by atoms with Gasteiger partial charge in [0.2, 0.25) is 0 Å². The van der Waals surface area contributed by atoms with Gasteiger partial charge in [0.1, 0.15) is 11.5 Å². The molecule has 0 amide bonds. The standard InChI is InChI=1S/C23H26N4O3/c1-29-19-9-7-18(8-10-19)26-15-13-25(14-16-26)17-27-23(28)12-11-21(24-27)20-5-3-4-6-22(20)30-2/h3-12H,13-17H2,1-2H3. The van der Waals surface area contributed by atoms with Gasteiger partial charge in [-0.15, -0.1) is 0 Å². The first kappa shape index (κ1) is 20.0. The zero-order valence-corrected chi connectivity index (χ0v) is 17.3. The van der Waals surface area contributed by atoms with Crippen LogP contribution in [-0.2, 0) is 6.67 Å². The molecule has 0 bridgehead atoms. The highest BCUT2D eigenvalue weighted by molar-refractivity contribution is 5.66. The van der Waals surface area contributed by atoms with Gasteiger partial charge in [-0.25, -0.2) is 4.68 Å². The van der Waals surface area contributed by atoms with E-state index in [2.05, 4.69) is 27.0 Å². The van der Waals surface area contributed by atoms with Crippen LogP contribution in [0.2, 0.25) is 0 Å². The Balaban J connectivity index is 1.44. The van der Waals surface area contributed by atoms with E-state index in [0.717, 1.165) is 48.9 Å². The fraction of sp³-hybridized carbons (Fsp3) is 0.304. The van der Waals surface area contributed by atoms with Crippen molar-refractivity contribution in [1.82, 2.24) is 14.7 Å². The Morgan fingerprint density at radius 3 is 2.30 bits per heavy atom. The molecule has 0 N–H and O–H groups in total. The van der Waals surface area contributed by atoms with Crippen LogP contribution in [-0.4, -0.2) is 55.1 Å². The van der Waals surface area contributed by atoms with Crippen molar-refractivity contribution < 1.29 is 9.47 Å². The van der Waals surface area contributed by atoms with E-state index in [-0.39, 0.29) is 5.56 Å². The van der Waals surface area contributed by atoms with Crippen LogP contribution in [0.25, 0.3) is 11.3 Å². The molecule has 7 nitrogen and oxygen atoms in total. The number of piperazine rings is 1. The summed E-state index contributed by atoms with van der Waals surface area (Å²) in [6.07, 6.45) is 0. The average Bonchev–Trinajstić information content (AvgIpc) is 2.81. The number of anilines is 1. The molecule has 4 rings (SSSR count). The molecule has 7 heteroatoms. The Bertz CT molecular complexity index is 1040. The van der Waals surface area contributed by atoms with E-state index >= 15 is 0 Å². The van der Waals surface area contributed by atoms with Crippen molar-refractivity contribution in [2.45, 2.75) is 6.67 Å². The molecule has 2 aromatic carbocycles. The third-order valence-electron chi connectivity index (χ3n) is 5.39. The van der Waals surface area contributed by atoms with Crippen LogP contribution < -0.4 is 19.9 Å². The van der Waals surface area contributed by atoms with E-state index in [1.165, 1.54) is 10.4 Å². The Morgan fingerprint density at radius 2 is 1.60 bits per heavy atom. The van der Waals surface area contributed by atoms with Gasteiger partial charge >= 0.3 is 0 Å². The number of nitrogens with zero attached hydrogens (tertiary/aromatic N) is 4. The van der Waals surface area contributed by atoms with E-state index in [9.17, 15) is 4.79 Å². The third-order valence-corrected chi connectivity index (χ3v) is 5.39. The Morgan fingerprint density at radius 1 is 0.867 bits per heavy atom. The van der Waals surface area contributed by atoms with Crippen molar-refractivity contribution in [3.63, 3.8) is 0 Å². The van der Waals surface area contributed by atoms with Gasteiger partial charge in [-0.3, -0.25) is 9.69 Å². The van der Waals surface area contributed by atoms with Crippen LogP contribution in [0.5, 0.6) is 11.5 Å². The number of aromatic nitrogens is 2. The molecule has 1 saturated heterocycles. The molecular formula is C23H26N4O3. The molecule has 30 heavy (non-hydrogen) atoms. The topological polar surface area (TPSA) is 59.8 Å². The summed E-state index contributed by atoms with van der Waals surface area (Å²) >= 11 is 0. The van der Waals surface area contributed by atoms with Crippen LogP contribution in [0.3, 0.4) is 0 Å². The molecule has 1 aromatic heterocycles. The molecule has 1 aliphatic heterocycles. The Labute approximate surface area is 176 Å². The summed E-state index contributed by atoms with van der Waals surface area (Å²) in [6.45, 7) is 3.98. The molecule has 0 saturated carbocycles. The first-order valence-electron chi connectivity index (χ1n) is 10.0. The van der Waals surface area contributed by atoms with Crippen LogP contribution >= 0.6 is 0 Å². The van der Waals surface area contributed by atoms with Gasteiger partial charge in [0, 0.05) is 43.5 Å². The Kier molecular flexibility index (Phi) is 5.99. The van der Waals surface area contributed by atoms with Crippen LogP contribution in [0, 0.1) is 0 Å². The lowest BCUT2D eigenvalue weighted by molar-refractivity contribution is 0.192. The lowest BCUT2D eigenvalue weighted by Gasteiger charge is -2.36. The lowest BCUT2D eigenvalue weighted by Crippen LogP contribution is -2.48. The highest BCUT2D eigenvalue weighted by Crippen LogP contribution is 2.27. The summed E-state index contributed by atoms with van der Waals surface area (Å²) in [5.41, 5.74) is 2.68.